The normalized spacial score (nSPS) is 10.6. The fourth-order valence-electron chi connectivity index (χ4n) is 1.75. The molecule has 0 aliphatic rings. The number of hydrogen-bond acceptors (Lipinski definition) is 4. The summed E-state index contributed by atoms with van der Waals surface area (Å²) in [5, 5.41) is 12.5. The van der Waals surface area contributed by atoms with E-state index in [4.69, 9.17) is 0 Å². The van der Waals surface area contributed by atoms with Crippen LogP contribution in [0.25, 0.3) is 17.2 Å². The highest BCUT2D eigenvalue weighted by Crippen LogP contribution is 2.17. The van der Waals surface area contributed by atoms with Crippen LogP contribution in [-0.2, 0) is 0 Å². The first-order valence-electron chi connectivity index (χ1n) is 5.72. The van der Waals surface area contributed by atoms with Gasteiger partial charge in [-0.05, 0) is 39.7 Å². The Morgan fingerprint density at radius 1 is 1.16 bits per heavy atom. The van der Waals surface area contributed by atoms with Gasteiger partial charge in [-0.1, -0.05) is 30.3 Å². The highest BCUT2D eigenvalue weighted by atomic mass is 79.9. The number of aryl methyl sites for hydroxylation is 1. The molecule has 0 saturated heterocycles. The first-order valence-corrected chi connectivity index (χ1v) is 6.51. The van der Waals surface area contributed by atoms with Gasteiger partial charge in [0, 0.05) is 16.2 Å². The maximum atomic E-state index is 4.36. The van der Waals surface area contributed by atoms with Crippen LogP contribution in [0.5, 0.6) is 0 Å². The Kier molecular flexibility index (Phi) is 3.08. The third kappa shape index (κ3) is 2.39. The molecular formula is C13H10BrN5. The fourth-order valence-corrected chi connectivity index (χ4v) is 2.20. The molecule has 0 amide bonds. The molecule has 2 heterocycles. The quantitative estimate of drug-likeness (QED) is 0.729. The van der Waals surface area contributed by atoms with Crippen LogP contribution in [0.2, 0.25) is 0 Å². The van der Waals surface area contributed by atoms with Crippen LogP contribution < -0.4 is 0 Å². The Hall–Kier alpha value is -2.08. The van der Waals surface area contributed by atoms with Gasteiger partial charge < -0.3 is 0 Å². The van der Waals surface area contributed by atoms with Crippen molar-refractivity contribution in [2.75, 3.05) is 0 Å². The SMILES string of the molecule is Cc1cc(Br)cnc1-n1nnc(-c2ccccc2)n1. The summed E-state index contributed by atoms with van der Waals surface area (Å²) in [5.41, 5.74) is 1.91. The predicted octanol–water partition coefficient (Wildman–Crippen LogP) is 2.80. The molecule has 0 atom stereocenters. The van der Waals surface area contributed by atoms with Crippen LogP contribution in [0, 0.1) is 6.92 Å². The summed E-state index contributed by atoms with van der Waals surface area (Å²) in [6.07, 6.45) is 1.72. The Morgan fingerprint density at radius 3 is 2.68 bits per heavy atom. The molecule has 0 fully saturated rings. The molecule has 2 aromatic heterocycles. The standard InChI is InChI=1S/C13H10BrN5/c1-9-7-11(14)8-15-13(9)19-17-12(16-18-19)10-5-3-2-4-6-10/h2-8H,1H3. The largest absolute Gasteiger partial charge is 0.234 e. The molecule has 3 rings (SSSR count). The van der Waals surface area contributed by atoms with Crippen LogP contribution >= 0.6 is 15.9 Å². The lowest BCUT2D eigenvalue weighted by atomic mass is 10.2. The third-order valence-corrected chi connectivity index (χ3v) is 3.09. The Labute approximate surface area is 118 Å². The number of aromatic nitrogens is 5. The minimum Gasteiger partial charge on any atom is -0.234 e. The van der Waals surface area contributed by atoms with Gasteiger partial charge >= 0.3 is 0 Å². The maximum absolute atomic E-state index is 4.36. The minimum absolute atomic E-state index is 0.588. The molecule has 0 aliphatic heterocycles. The van der Waals surface area contributed by atoms with E-state index in [1.807, 2.05) is 43.3 Å². The Bertz CT molecular complexity index is 708. The van der Waals surface area contributed by atoms with Crippen molar-refractivity contribution in [1.29, 1.82) is 0 Å². The number of rotatable bonds is 2. The first-order chi connectivity index (χ1) is 9.24. The van der Waals surface area contributed by atoms with Crippen LogP contribution in [0.3, 0.4) is 0 Å². The Morgan fingerprint density at radius 2 is 1.95 bits per heavy atom. The van der Waals surface area contributed by atoms with E-state index in [0.717, 1.165) is 15.6 Å². The number of tetrazole rings is 1. The summed E-state index contributed by atoms with van der Waals surface area (Å²) >= 11 is 3.38. The van der Waals surface area contributed by atoms with Crippen LogP contribution in [0.15, 0.2) is 47.1 Å². The predicted molar refractivity (Wildman–Crippen MR) is 74.8 cm³/mol. The van der Waals surface area contributed by atoms with Gasteiger partial charge in [-0.2, -0.15) is 0 Å². The van der Waals surface area contributed by atoms with Crippen LogP contribution in [0.1, 0.15) is 5.56 Å². The highest BCUT2D eigenvalue weighted by molar-refractivity contribution is 9.10. The summed E-state index contributed by atoms with van der Waals surface area (Å²) in [6, 6.07) is 11.7. The van der Waals surface area contributed by atoms with Gasteiger partial charge in [-0.15, -0.1) is 15.0 Å². The lowest BCUT2D eigenvalue weighted by Crippen LogP contribution is -2.04. The van der Waals surface area contributed by atoms with Gasteiger partial charge in [-0.3, -0.25) is 0 Å². The second-order valence-electron chi connectivity index (χ2n) is 4.06. The molecule has 0 unspecified atom stereocenters. The summed E-state index contributed by atoms with van der Waals surface area (Å²) < 4.78 is 0.928. The van der Waals surface area contributed by atoms with Crippen molar-refractivity contribution in [3.63, 3.8) is 0 Å². The summed E-state index contributed by atoms with van der Waals surface area (Å²) in [4.78, 5) is 5.75. The van der Waals surface area contributed by atoms with E-state index < -0.39 is 0 Å². The number of nitrogens with zero attached hydrogens (tertiary/aromatic N) is 5. The molecule has 0 radical (unpaired) electrons. The molecule has 6 heteroatoms. The molecule has 94 valence electrons. The van der Waals surface area contributed by atoms with E-state index in [-0.39, 0.29) is 0 Å². The van der Waals surface area contributed by atoms with E-state index >= 15 is 0 Å². The van der Waals surface area contributed by atoms with Crippen molar-refractivity contribution in [2.45, 2.75) is 6.92 Å². The lowest BCUT2D eigenvalue weighted by Gasteiger charge is -2.01. The number of hydrogen-bond donors (Lipinski definition) is 0. The van der Waals surface area contributed by atoms with Gasteiger partial charge in [0.1, 0.15) is 0 Å². The van der Waals surface area contributed by atoms with E-state index in [0.29, 0.717) is 11.6 Å². The topological polar surface area (TPSA) is 56.5 Å². The molecule has 0 bridgehead atoms. The van der Waals surface area contributed by atoms with Crippen molar-refractivity contribution in [2.24, 2.45) is 0 Å². The molecule has 0 aliphatic carbocycles. The van der Waals surface area contributed by atoms with Crippen molar-refractivity contribution < 1.29 is 0 Å². The molecule has 19 heavy (non-hydrogen) atoms. The maximum Gasteiger partial charge on any atom is 0.205 e. The average Bonchev–Trinajstić information content (AvgIpc) is 2.89. The van der Waals surface area contributed by atoms with Gasteiger partial charge in [0.2, 0.25) is 5.82 Å². The smallest absolute Gasteiger partial charge is 0.205 e. The number of benzene rings is 1. The monoisotopic (exact) mass is 315 g/mol. The molecule has 1 aromatic carbocycles. The zero-order valence-corrected chi connectivity index (χ0v) is 11.7. The lowest BCUT2D eigenvalue weighted by molar-refractivity contribution is 0.695. The highest BCUT2D eigenvalue weighted by Gasteiger charge is 2.09. The van der Waals surface area contributed by atoms with Gasteiger partial charge in [0.15, 0.2) is 5.82 Å². The molecular weight excluding hydrogens is 306 g/mol. The van der Waals surface area contributed by atoms with E-state index in [1.165, 1.54) is 4.80 Å². The van der Waals surface area contributed by atoms with Gasteiger partial charge in [-0.25, -0.2) is 4.98 Å². The van der Waals surface area contributed by atoms with Crippen LogP contribution in [-0.4, -0.2) is 25.2 Å². The molecule has 3 aromatic rings. The van der Waals surface area contributed by atoms with E-state index in [9.17, 15) is 0 Å². The van der Waals surface area contributed by atoms with E-state index in [2.05, 4.69) is 36.3 Å². The summed E-state index contributed by atoms with van der Waals surface area (Å²) in [5.74, 6) is 1.27. The Balaban J connectivity index is 2.02. The zero-order chi connectivity index (χ0) is 13.2. The minimum atomic E-state index is 0.588. The fraction of sp³-hybridized carbons (Fsp3) is 0.0769. The molecule has 5 nitrogen and oxygen atoms in total. The number of halogens is 1. The molecule has 0 spiro atoms. The second kappa shape index (κ2) is 4.89. The third-order valence-electron chi connectivity index (χ3n) is 2.65. The van der Waals surface area contributed by atoms with Crippen molar-refractivity contribution >= 4 is 15.9 Å². The molecule has 0 saturated carbocycles. The van der Waals surface area contributed by atoms with Crippen LogP contribution in [0.4, 0.5) is 0 Å². The van der Waals surface area contributed by atoms with Crippen molar-refractivity contribution in [3.8, 4) is 17.2 Å². The van der Waals surface area contributed by atoms with Crippen molar-refractivity contribution in [1.82, 2.24) is 25.2 Å². The summed E-state index contributed by atoms with van der Waals surface area (Å²) in [7, 11) is 0. The average molecular weight is 316 g/mol. The first kappa shape index (κ1) is 12.0. The van der Waals surface area contributed by atoms with Crippen molar-refractivity contribution in [3.05, 3.63) is 52.6 Å². The second-order valence-corrected chi connectivity index (χ2v) is 4.98. The number of pyridine rings is 1. The molecule has 0 N–H and O–H groups in total. The van der Waals surface area contributed by atoms with E-state index in [1.54, 1.807) is 6.20 Å². The zero-order valence-electron chi connectivity index (χ0n) is 10.2. The summed E-state index contributed by atoms with van der Waals surface area (Å²) in [6.45, 7) is 1.96. The van der Waals surface area contributed by atoms with Gasteiger partial charge in [0.25, 0.3) is 0 Å². The van der Waals surface area contributed by atoms with Gasteiger partial charge in [0.05, 0.1) is 0 Å².